The van der Waals surface area contributed by atoms with Crippen LogP contribution < -0.4 is 10.2 Å². The van der Waals surface area contributed by atoms with Gasteiger partial charge in [0.1, 0.15) is 11.6 Å². The zero-order chi connectivity index (χ0) is 22.0. The van der Waals surface area contributed by atoms with E-state index in [0.717, 1.165) is 34.8 Å². The van der Waals surface area contributed by atoms with E-state index in [1.807, 2.05) is 38.2 Å². The molecule has 4 rings (SSSR count). The van der Waals surface area contributed by atoms with Gasteiger partial charge in [0.25, 0.3) is 5.91 Å². The minimum atomic E-state index is -0.119. The number of carbonyl (C=O) groups is 1. The zero-order valence-corrected chi connectivity index (χ0v) is 18.8. The van der Waals surface area contributed by atoms with Gasteiger partial charge in [0.05, 0.1) is 23.7 Å². The van der Waals surface area contributed by atoms with Crippen LogP contribution in [0.15, 0.2) is 36.5 Å². The number of anilines is 1. The summed E-state index contributed by atoms with van der Waals surface area (Å²) in [5.41, 5.74) is 3.32. The van der Waals surface area contributed by atoms with E-state index in [4.69, 9.17) is 14.7 Å². The highest BCUT2D eigenvalue weighted by molar-refractivity contribution is 5.97. The summed E-state index contributed by atoms with van der Waals surface area (Å²) >= 11 is 0. The van der Waals surface area contributed by atoms with Crippen LogP contribution in [0.1, 0.15) is 44.0 Å². The zero-order valence-electron chi connectivity index (χ0n) is 18.8. The van der Waals surface area contributed by atoms with Crippen LogP contribution in [0.2, 0.25) is 0 Å². The molecule has 1 aliphatic rings. The Hall–Kier alpha value is -2.93. The average Bonchev–Trinajstić information content (AvgIpc) is 3.36. The Balaban J connectivity index is 1.71. The second-order valence-corrected chi connectivity index (χ2v) is 8.38. The average molecular weight is 422 g/mol. The molecule has 1 aliphatic heterocycles. The molecule has 0 aliphatic carbocycles. The van der Waals surface area contributed by atoms with Crippen molar-refractivity contribution in [3.05, 3.63) is 42.1 Å². The molecule has 2 aromatic heterocycles. The molecule has 3 aromatic rings. The molecule has 1 amide bonds. The van der Waals surface area contributed by atoms with Crippen molar-refractivity contribution < 1.29 is 9.53 Å². The SMILES string of the molecule is CNC(=O)c1ccc2c(c1)nc(-c1ccc(N3CCC[C@@H]3C)nc1)n2CCOC(C)C. The lowest BCUT2D eigenvalue weighted by molar-refractivity contribution is 0.0735. The summed E-state index contributed by atoms with van der Waals surface area (Å²) in [6.45, 7) is 8.63. The predicted octanol–water partition coefficient (Wildman–Crippen LogP) is 3.87. The molecule has 1 fully saturated rings. The summed E-state index contributed by atoms with van der Waals surface area (Å²) in [4.78, 5) is 24.1. The number of rotatable bonds is 7. The van der Waals surface area contributed by atoms with E-state index in [1.165, 1.54) is 12.8 Å². The molecule has 0 spiro atoms. The first-order valence-corrected chi connectivity index (χ1v) is 11.0. The van der Waals surface area contributed by atoms with Crippen LogP contribution in [-0.2, 0) is 11.3 Å². The van der Waals surface area contributed by atoms with Gasteiger partial charge in [-0.15, -0.1) is 0 Å². The Morgan fingerprint density at radius 1 is 1.29 bits per heavy atom. The second-order valence-electron chi connectivity index (χ2n) is 8.38. The Morgan fingerprint density at radius 3 is 2.77 bits per heavy atom. The summed E-state index contributed by atoms with van der Waals surface area (Å²) < 4.78 is 7.95. The number of nitrogens with one attached hydrogen (secondary N) is 1. The van der Waals surface area contributed by atoms with Gasteiger partial charge in [-0.25, -0.2) is 9.97 Å². The van der Waals surface area contributed by atoms with Crippen LogP contribution >= 0.6 is 0 Å². The molecule has 7 nitrogen and oxygen atoms in total. The van der Waals surface area contributed by atoms with Gasteiger partial charge >= 0.3 is 0 Å². The van der Waals surface area contributed by atoms with Crippen LogP contribution in [0.4, 0.5) is 5.82 Å². The number of hydrogen-bond donors (Lipinski definition) is 1. The maximum absolute atomic E-state index is 12.1. The quantitative estimate of drug-likeness (QED) is 0.627. The molecule has 1 saturated heterocycles. The molecular weight excluding hydrogens is 390 g/mol. The number of carbonyl (C=O) groups excluding carboxylic acids is 1. The van der Waals surface area contributed by atoms with Crippen molar-refractivity contribution in [3.63, 3.8) is 0 Å². The van der Waals surface area contributed by atoms with Crippen LogP contribution in [0.5, 0.6) is 0 Å². The minimum absolute atomic E-state index is 0.119. The third-order valence-electron chi connectivity index (χ3n) is 5.86. The standard InChI is InChI=1S/C24H31N5O2/c1-16(2)31-13-12-29-21-9-7-18(24(30)25-4)14-20(21)27-23(29)19-8-10-22(26-15-19)28-11-5-6-17(28)3/h7-10,14-17H,5-6,11-13H2,1-4H3,(H,25,30)/t17-/m0/s1. The van der Waals surface area contributed by atoms with E-state index in [-0.39, 0.29) is 12.0 Å². The first-order chi connectivity index (χ1) is 15.0. The first-order valence-electron chi connectivity index (χ1n) is 11.0. The normalized spacial score (nSPS) is 16.4. The van der Waals surface area contributed by atoms with Crippen LogP contribution in [-0.4, -0.2) is 52.8 Å². The number of nitrogens with zero attached hydrogens (tertiary/aromatic N) is 4. The van der Waals surface area contributed by atoms with E-state index >= 15 is 0 Å². The fraction of sp³-hybridized carbons (Fsp3) is 0.458. The molecule has 7 heteroatoms. The Kier molecular flexibility index (Phi) is 6.23. The molecule has 1 aromatic carbocycles. The number of fused-ring (bicyclic) bond motifs is 1. The molecule has 0 unspecified atom stereocenters. The Labute approximate surface area is 183 Å². The van der Waals surface area contributed by atoms with Crippen molar-refractivity contribution in [1.82, 2.24) is 19.9 Å². The number of ether oxygens (including phenoxy) is 1. The smallest absolute Gasteiger partial charge is 0.251 e. The van der Waals surface area contributed by atoms with Gasteiger partial charge in [-0.2, -0.15) is 0 Å². The molecule has 0 bridgehead atoms. The maximum atomic E-state index is 12.1. The number of benzene rings is 1. The summed E-state index contributed by atoms with van der Waals surface area (Å²) in [5, 5.41) is 2.67. The van der Waals surface area contributed by atoms with Crippen molar-refractivity contribution in [2.45, 2.75) is 52.3 Å². The largest absolute Gasteiger partial charge is 0.377 e. The highest BCUT2D eigenvalue weighted by Gasteiger charge is 2.22. The lowest BCUT2D eigenvalue weighted by Crippen LogP contribution is -2.26. The highest BCUT2D eigenvalue weighted by Crippen LogP contribution is 2.28. The van der Waals surface area contributed by atoms with Crippen molar-refractivity contribution in [3.8, 4) is 11.4 Å². The molecule has 1 atom stereocenters. The van der Waals surface area contributed by atoms with E-state index in [2.05, 4.69) is 33.8 Å². The van der Waals surface area contributed by atoms with Crippen LogP contribution in [0, 0.1) is 0 Å². The molecule has 164 valence electrons. The summed E-state index contributed by atoms with van der Waals surface area (Å²) in [7, 11) is 1.63. The van der Waals surface area contributed by atoms with E-state index in [1.54, 1.807) is 7.05 Å². The van der Waals surface area contributed by atoms with Crippen molar-refractivity contribution in [2.24, 2.45) is 0 Å². The van der Waals surface area contributed by atoms with Crippen molar-refractivity contribution in [1.29, 1.82) is 0 Å². The third kappa shape index (κ3) is 4.42. The van der Waals surface area contributed by atoms with Crippen molar-refractivity contribution in [2.75, 3.05) is 25.1 Å². The summed E-state index contributed by atoms with van der Waals surface area (Å²) in [6.07, 6.45) is 4.50. The first kappa shape index (κ1) is 21.3. The molecule has 3 heterocycles. The van der Waals surface area contributed by atoms with Gasteiger partial charge in [-0.1, -0.05) is 0 Å². The summed E-state index contributed by atoms with van der Waals surface area (Å²) in [5.74, 6) is 1.73. The topological polar surface area (TPSA) is 72.3 Å². The maximum Gasteiger partial charge on any atom is 0.251 e. The van der Waals surface area contributed by atoms with Gasteiger partial charge in [-0.3, -0.25) is 4.79 Å². The third-order valence-corrected chi connectivity index (χ3v) is 5.86. The number of amides is 1. The van der Waals surface area contributed by atoms with E-state index in [9.17, 15) is 4.79 Å². The van der Waals surface area contributed by atoms with E-state index in [0.29, 0.717) is 24.8 Å². The second kappa shape index (κ2) is 9.06. The fourth-order valence-corrected chi connectivity index (χ4v) is 4.20. The number of pyridine rings is 1. The van der Waals surface area contributed by atoms with Gasteiger partial charge in [0.15, 0.2) is 0 Å². The lowest BCUT2D eigenvalue weighted by atomic mass is 10.2. The van der Waals surface area contributed by atoms with Gasteiger partial charge in [0, 0.05) is 43.5 Å². The Morgan fingerprint density at radius 2 is 2.13 bits per heavy atom. The molecule has 0 saturated carbocycles. The Bertz CT molecular complexity index is 1060. The van der Waals surface area contributed by atoms with Gasteiger partial charge in [-0.05, 0) is 63.9 Å². The lowest BCUT2D eigenvalue weighted by Gasteiger charge is -2.22. The molecule has 0 radical (unpaired) electrons. The van der Waals surface area contributed by atoms with Gasteiger partial charge < -0.3 is 19.5 Å². The van der Waals surface area contributed by atoms with Crippen molar-refractivity contribution >= 4 is 22.8 Å². The minimum Gasteiger partial charge on any atom is -0.377 e. The van der Waals surface area contributed by atoms with Crippen LogP contribution in [0.25, 0.3) is 22.4 Å². The molecule has 31 heavy (non-hydrogen) atoms. The number of hydrogen-bond acceptors (Lipinski definition) is 5. The predicted molar refractivity (Wildman–Crippen MR) is 123 cm³/mol. The number of aromatic nitrogens is 3. The molecule has 1 N–H and O–H groups in total. The van der Waals surface area contributed by atoms with Crippen LogP contribution in [0.3, 0.4) is 0 Å². The highest BCUT2D eigenvalue weighted by atomic mass is 16.5. The fourth-order valence-electron chi connectivity index (χ4n) is 4.20. The molecular formula is C24H31N5O2. The number of imidazole rings is 1. The summed E-state index contributed by atoms with van der Waals surface area (Å²) in [6, 6.07) is 10.3. The van der Waals surface area contributed by atoms with E-state index < -0.39 is 0 Å². The monoisotopic (exact) mass is 421 g/mol. The van der Waals surface area contributed by atoms with Gasteiger partial charge in [0.2, 0.25) is 0 Å².